The molecule has 0 radical (unpaired) electrons. The van der Waals surface area contributed by atoms with Gasteiger partial charge in [-0.2, -0.15) is 0 Å². The Labute approximate surface area is 141 Å². The van der Waals surface area contributed by atoms with E-state index in [1.165, 1.54) is 5.56 Å². The first kappa shape index (κ1) is 16.9. The van der Waals surface area contributed by atoms with Gasteiger partial charge < -0.3 is 5.32 Å². The largest absolute Gasteiger partial charge is 0.356 e. The van der Waals surface area contributed by atoms with Crippen molar-refractivity contribution in [2.75, 3.05) is 6.54 Å². The number of carbonyl (C=O) groups excluding carboxylic acids is 1. The van der Waals surface area contributed by atoms with Gasteiger partial charge in [-0.05, 0) is 35.6 Å². The Morgan fingerprint density at radius 2 is 1.86 bits per heavy atom. The third-order valence-corrected chi connectivity index (χ3v) is 4.22. The summed E-state index contributed by atoms with van der Waals surface area (Å²) in [5, 5.41) is 4.05. The van der Waals surface area contributed by atoms with Crippen LogP contribution < -0.4 is 5.32 Å². The standard InChI is InChI=1S/C18H19Cl2NO/c1-13(14-5-3-2-4-6-14)9-10-21-18(22)11-15-7-8-16(19)12-17(15)20/h2-8,12-13H,9-11H2,1H3,(H,21,22). The van der Waals surface area contributed by atoms with Crippen LogP contribution in [0, 0.1) is 0 Å². The van der Waals surface area contributed by atoms with E-state index in [0.29, 0.717) is 22.5 Å². The van der Waals surface area contributed by atoms with E-state index in [-0.39, 0.29) is 12.3 Å². The maximum atomic E-state index is 12.0. The average Bonchev–Trinajstić information content (AvgIpc) is 2.51. The van der Waals surface area contributed by atoms with Gasteiger partial charge in [0.25, 0.3) is 0 Å². The molecule has 2 nitrogen and oxygen atoms in total. The summed E-state index contributed by atoms with van der Waals surface area (Å²) < 4.78 is 0. The Morgan fingerprint density at radius 3 is 2.55 bits per heavy atom. The lowest BCUT2D eigenvalue weighted by Gasteiger charge is -2.12. The lowest BCUT2D eigenvalue weighted by Crippen LogP contribution is -2.27. The second-order valence-corrected chi connectivity index (χ2v) is 6.21. The maximum Gasteiger partial charge on any atom is 0.224 e. The molecule has 1 N–H and O–H groups in total. The monoisotopic (exact) mass is 335 g/mol. The molecular weight excluding hydrogens is 317 g/mol. The molecule has 2 aromatic carbocycles. The molecule has 4 heteroatoms. The van der Waals surface area contributed by atoms with Crippen molar-refractivity contribution in [1.29, 1.82) is 0 Å². The minimum Gasteiger partial charge on any atom is -0.356 e. The predicted molar refractivity (Wildman–Crippen MR) is 92.6 cm³/mol. The van der Waals surface area contributed by atoms with Crippen LogP contribution in [0.25, 0.3) is 0 Å². The molecule has 1 atom stereocenters. The zero-order chi connectivity index (χ0) is 15.9. The lowest BCUT2D eigenvalue weighted by atomic mass is 9.98. The van der Waals surface area contributed by atoms with Crippen LogP contribution >= 0.6 is 23.2 Å². The molecule has 2 rings (SSSR count). The van der Waals surface area contributed by atoms with E-state index in [1.807, 2.05) is 18.2 Å². The molecule has 1 unspecified atom stereocenters. The molecule has 0 fully saturated rings. The molecule has 0 aliphatic heterocycles. The predicted octanol–water partition coefficient (Wildman–Crippen LogP) is 4.85. The molecule has 1 amide bonds. The van der Waals surface area contributed by atoms with Crippen LogP contribution in [0.15, 0.2) is 48.5 Å². The zero-order valence-corrected chi connectivity index (χ0v) is 14.0. The van der Waals surface area contributed by atoms with Crippen LogP contribution in [0.1, 0.15) is 30.4 Å². The average molecular weight is 336 g/mol. The number of carbonyl (C=O) groups is 1. The summed E-state index contributed by atoms with van der Waals surface area (Å²) in [5.41, 5.74) is 2.08. The Hall–Kier alpha value is -1.51. The first-order valence-electron chi connectivity index (χ1n) is 7.32. The molecule has 0 spiro atoms. The van der Waals surface area contributed by atoms with Gasteiger partial charge >= 0.3 is 0 Å². The number of benzene rings is 2. The van der Waals surface area contributed by atoms with Crippen molar-refractivity contribution < 1.29 is 4.79 Å². The van der Waals surface area contributed by atoms with E-state index in [9.17, 15) is 4.79 Å². The van der Waals surface area contributed by atoms with E-state index in [2.05, 4.69) is 24.4 Å². The number of hydrogen-bond donors (Lipinski definition) is 1. The van der Waals surface area contributed by atoms with Gasteiger partial charge in [0.1, 0.15) is 0 Å². The fourth-order valence-electron chi connectivity index (χ4n) is 2.28. The summed E-state index contributed by atoms with van der Waals surface area (Å²) in [4.78, 5) is 12.0. The molecule has 22 heavy (non-hydrogen) atoms. The highest BCUT2D eigenvalue weighted by molar-refractivity contribution is 6.35. The fraction of sp³-hybridized carbons (Fsp3) is 0.278. The first-order valence-corrected chi connectivity index (χ1v) is 8.07. The van der Waals surface area contributed by atoms with Gasteiger partial charge in [-0.15, -0.1) is 0 Å². The lowest BCUT2D eigenvalue weighted by molar-refractivity contribution is -0.120. The van der Waals surface area contributed by atoms with Crippen LogP contribution in [0.3, 0.4) is 0 Å². The van der Waals surface area contributed by atoms with Gasteiger partial charge in [-0.3, -0.25) is 4.79 Å². The molecule has 0 aliphatic rings. The first-order chi connectivity index (χ1) is 10.6. The number of nitrogens with one attached hydrogen (secondary N) is 1. The van der Waals surface area contributed by atoms with E-state index in [1.54, 1.807) is 18.2 Å². The van der Waals surface area contributed by atoms with Crippen LogP contribution in [-0.4, -0.2) is 12.5 Å². The van der Waals surface area contributed by atoms with Crippen LogP contribution in [0.4, 0.5) is 0 Å². The number of amides is 1. The van der Waals surface area contributed by atoms with Gasteiger partial charge in [0.05, 0.1) is 6.42 Å². The topological polar surface area (TPSA) is 29.1 Å². The Morgan fingerprint density at radius 1 is 1.14 bits per heavy atom. The van der Waals surface area contributed by atoms with Crippen molar-refractivity contribution in [1.82, 2.24) is 5.32 Å². The number of hydrogen-bond acceptors (Lipinski definition) is 1. The molecule has 0 saturated carbocycles. The normalized spacial score (nSPS) is 12.0. The van der Waals surface area contributed by atoms with Gasteiger partial charge in [-0.25, -0.2) is 0 Å². The highest BCUT2D eigenvalue weighted by atomic mass is 35.5. The maximum absolute atomic E-state index is 12.0. The summed E-state index contributed by atoms with van der Waals surface area (Å²) in [6.07, 6.45) is 1.18. The summed E-state index contributed by atoms with van der Waals surface area (Å²) in [5.74, 6) is 0.394. The molecule has 0 aromatic heterocycles. The van der Waals surface area contributed by atoms with E-state index < -0.39 is 0 Å². The van der Waals surface area contributed by atoms with Crippen LogP contribution in [-0.2, 0) is 11.2 Å². The number of halogens is 2. The Kier molecular flexibility index (Phi) is 6.29. The van der Waals surface area contributed by atoms with E-state index >= 15 is 0 Å². The SMILES string of the molecule is CC(CCNC(=O)Cc1ccc(Cl)cc1Cl)c1ccccc1. The molecule has 0 saturated heterocycles. The summed E-state index contributed by atoms with van der Waals surface area (Å²) >= 11 is 11.9. The molecule has 2 aromatic rings. The summed E-state index contributed by atoms with van der Waals surface area (Å²) in [6.45, 7) is 2.82. The summed E-state index contributed by atoms with van der Waals surface area (Å²) in [6, 6.07) is 15.5. The fourth-order valence-corrected chi connectivity index (χ4v) is 2.75. The van der Waals surface area contributed by atoms with Gasteiger partial charge in [0.15, 0.2) is 0 Å². The molecule has 0 heterocycles. The smallest absolute Gasteiger partial charge is 0.224 e. The van der Waals surface area contributed by atoms with Crippen molar-refractivity contribution >= 4 is 29.1 Å². The Bertz CT molecular complexity index is 628. The zero-order valence-electron chi connectivity index (χ0n) is 12.5. The van der Waals surface area contributed by atoms with E-state index in [0.717, 1.165) is 12.0 Å². The molecule has 0 bridgehead atoms. The number of rotatable bonds is 6. The van der Waals surface area contributed by atoms with E-state index in [4.69, 9.17) is 23.2 Å². The Balaban J connectivity index is 1.78. The van der Waals surface area contributed by atoms with Crippen molar-refractivity contribution in [3.8, 4) is 0 Å². The van der Waals surface area contributed by atoms with Crippen molar-refractivity contribution in [3.05, 3.63) is 69.7 Å². The third kappa shape index (κ3) is 5.04. The van der Waals surface area contributed by atoms with Crippen molar-refractivity contribution in [3.63, 3.8) is 0 Å². The van der Waals surface area contributed by atoms with Gasteiger partial charge in [0.2, 0.25) is 5.91 Å². The molecule has 116 valence electrons. The summed E-state index contributed by atoms with van der Waals surface area (Å²) in [7, 11) is 0. The van der Waals surface area contributed by atoms with Crippen molar-refractivity contribution in [2.24, 2.45) is 0 Å². The quantitative estimate of drug-likeness (QED) is 0.803. The second kappa shape index (κ2) is 8.21. The second-order valence-electron chi connectivity index (χ2n) is 5.36. The van der Waals surface area contributed by atoms with Crippen LogP contribution in [0.2, 0.25) is 10.0 Å². The minimum absolute atomic E-state index is 0.0236. The minimum atomic E-state index is -0.0236. The highest BCUT2D eigenvalue weighted by Gasteiger charge is 2.09. The van der Waals surface area contributed by atoms with Crippen molar-refractivity contribution in [2.45, 2.75) is 25.7 Å². The van der Waals surface area contributed by atoms with Crippen LogP contribution in [0.5, 0.6) is 0 Å². The molecular formula is C18H19Cl2NO. The highest BCUT2D eigenvalue weighted by Crippen LogP contribution is 2.21. The third-order valence-electron chi connectivity index (χ3n) is 3.63. The van der Waals surface area contributed by atoms with Gasteiger partial charge in [-0.1, -0.05) is 66.5 Å². The molecule has 0 aliphatic carbocycles. The van der Waals surface area contributed by atoms with Gasteiger partial charge in [0, 0.05) is 16.6 Å².